The van der Waals surface area contributed by atoms with Gasteiger partial charge in [0.1, 0.15) is 22.8 Å². The number of benzene rings is 2. The molecule has 5 nitrogen and oxygen atoms in total. The zero-order valence-corrected chi connectivity index (χ0v) is 15.3. The summed E-state index contributed by atoms with van der Waals surface area (Å²) in [5.41, 5.74) is 2.43. The van der Waals surface area contributed by atoms with Gasteiger partial charge in [0.25, 0.3) is 5.91 Å². The number of hydrogen-bond donors (Lipinski definition) is 1. The molecule has 0 saturated carbocycles. The van der Waals surface area contributed by atoms with Crippen LogP contribution in [0.1, 0.15) is 28.6 Å². The van der Waals surface area contributed by atoms with Crippen LogP contribution in [0.4, 0.5) is 0 Å². The first-order valence-electron chi connectivity index (χ1n) is 8.31. The Kier molecular flexibility index (Phi) is 5.58. The standard InChI is InChI=1S/C20H19ClN2O3/c1-3-25-15-8-6-7-14(11-15)12-22-20(24)18-13(2)26-23-19(18)16-9-4-5-10-17(16)21/h4-11H,3,12H2,1-2H3,(H,22,24). The Balaban J connectivity index is 1.80. The lowest BCUT2D eigenvalue weighted by atomic mass is 10.1. The number of aromatic nitrogens is 1. The first-order chi connectivity index (χ1) is 12.6. The molecule has 3 aromatic rings. The number of ether oxygens (including phenoxy) is 1. The number of aryl methyl sites for hydroxylation is 1. The van der Waals surface area contributed by atoms with Crippen molar-refractivity contribution in [1.29, 1.82) is 0 Å². The Hall–Kier alpha value is -2.79. The van der Waals surface area contributed by atoms with Gasteiger partial charge in [0.05, 0.1) is 11.6 Å². The highest BCUT2D eigenvalue weighted by Crippen LogP contribution is 2.30. The fraction of sp³-hybridized carbons (Fsp3) is 0.200. The van der Waals surface area contributed by atoms with Gasteiger partial charge in [-0.3, -0.25) is 4.79 Å². The molecule has 0 aliphatic carbocycles. The summed E-state index contributed by atoms with van der Waals surface area (Å²) >= 11 is 6.24. The largest absolute Gasteiger partial charge is 0.494 e. The molecular formula is C20H19ClN2O3. The third-order valence-electron chi connectivity index (χ3n) is 3.88. The SMILES string of the molecule is CCOc1cccc(CNC(=O)c2c(-c3ccccc3Cl)noc2C)c1. The molecule has 1 N–H and O–H groups in total. The molecule has 2 aromatic carbocycles. The molecule has 0 radical (unpaired) electrons. The summed E-state index contributed by atoms with van der Waals surface area (Å²) in [6, 6.07) is 14.8. The minimum atomic E-state index is -0.263. The van der Waals surface area contributed by atoms with Crippen LogP contribution in [0.2, 0.25) is 5.02 Å². The lowest BCUT2D eigenvalue weighted by molar-refractivity contribution is 0.0950. The van der Waals surface area contributed by atoms with Crippen LogP contribution in [0.25, 0.3) is 11.3 Å². The molecule has 0 bridgehead atoms. The molecule has 1 heterocycles. The highest BCUT2D eigenvalue weighted by Gasteiger charge is 2.22. The minimum absolute atomic E-state index is 0.263. The Labute approximate surface area is 156 Å². The molecule has 0 spiro atoms. The van der Waals surface area contributed by atoms with Crippen LogP contribution in [0.3, 0.4) is 0 Å². The number of rotatable bonds is 6. The van der Waals surface area contributed by atoms with Crippen LogP contribution in [-0.2, 0) is 6.54 Å². The number of carbonyl (C=O) groups is 1. The highest BCUT2D eigenvalue weighted by atomic mass is 35.5. The smallest absolute Gasteiger partial charge is 0.257 e. The van der Waals surface area contributed by atoms with Crippen LogP contribution >= 0.6 is 11.6 Å². The van der Waals surface area contributed by atoms with Gasteiger partial charge < -0.3 is 14.6 Å². The van der Waals surface area contributed by atoms with Crippen molar-refractivity contribution in [3.05, 3.63) is 70.4 Å². The molecule has 1 amide bonds. The van der Waals surface area contributed by atoms with E-state index in [1.165, 1.54) is 0 Å². The van der Waals surface area contributed by atoms with Crippen LogP contribution in [0, 0.1) is 6.92 Å². The van der Waals surface area contributed by atoms with Gasteiger partial charge in [-0.25, -0.2) is 0 Å². The second-order valence-corrected chi connectivity index (χ2v) is 6.11. The fourth-order valence-corrected chi connectivity index (χ4v) is 2.88. The Morgan fingerprint density at radius 3 is 2.81 bits per heavy atom. The van der Waals surface area contributed by atoms with Crippen molar-refractivity contribution in [2.75, 3.05) is 6.61 Å². The summed E-state index contributed by atoms with van der Waals surface area (Å²) in [7, 11) is 0. The highest BCUT2D eigenvalue weighted by molar-refractivity contribution is 6.33. The first kappa shape index (κ1) is 18.0. The molecule has 134 valence electrons. The molecule has 6 heteroatoms. The van der Waals surface area contributed by atoms with Gasteiger partial charge >= 0.3 is 0 Å². The maximum atomic E-state index is 12.7. The van der Waals surface area contributed by atoms with Gasteiger partial charge in [-0.15, -0.1) is 0 Å². The molecule has 0 saturated heterocycles. The minimum Gasteiger partial charge on any atom is -0.494 e. The monoisotopic (exact) mass is 370 g/mol. The normalized spacial score (nSPS) is 10.6. The average Bonchev–Trinajstić information content (AvgIpc) is 3.02. The molecule has 1 aromatic heterocycles. The molecule has 0 aliphatic rings. The van der Waals surface area contributed by atoms with Gasteiger partial charge in [0.15, 0.2) is 0 Å². The quantitative estimate of drug-likeness (QED) is 0.687. The predicted octanol–water partition coefficient (Wildman–Crippen LogP) is 4.63. The second kappa shape index (κ2) is 8.06. The van der Waals surface area contributed by atoms with Crippen LogP contribution < -0.4 is 10.1 Å². The van der Waals surface area contributed by atoms with E-state index in [0.29, 0.717) is 40.8 Å². The number of nitrogens with zero attached hydrogens (tertiary/aromatic N) is 1. The van der Waals surface area contributed by atoms with Crippen molar-refractivity contribution in [3.63, 3.8) is 0 Å². The van der Waals surface area contributed by atoms with E-state index in [2.05, 4.69) is 10.5 Å². The van der Waals surface area contributed by atoms with Crippen molar-refractivity contribution in [3.8, 4) is 17.0 Å². The van der Waals surface area contributed by atoms with E-state index in [1.807, 2.05) is 49.4 Å². The van der Waals surface area contributed by atoms with Crippen molar-refractivity contribution < 1.29 is 14.1 Å². The van der Waals surface area contributed by atoms with E-state index >= 15 is 0 Å². The second-order valence-electron chi connectivity index (χ2n) is 5.71. The van der Waals surface area contributed by atoms with E-state index < -0.39 is 0 Å². The third-order valence-corrected chi connectivity index (χ3v) is 4.21. The lowest BCUT2D eigenvalue weighted by Gasteiger charge is -2.08. The van der Waals surface area contributed by atoms with Crippen molar-refractivity contribution >= 4 is 17.5 Å². The van der Waals surface area contributed by atoms with Crippen LogP contribution in [-0.4, -0.2) is 17.7 Å². The summed E-state index contributed by atoms with van der Waals surface area (Å²) in [6.45, 7) is 4.60. The van der Waals surface area contributed by atoms with Crippen LogP contribution in [0.15, 0.2) is 53.1 Å². The van der Waals surface area contributed by atoms with Gasteiger partial charge in [-0.05, 0) is 37.6 Å². The summed E-state index contributed by atoms with van der Waals surface area (Å²) < 4.78 is 10.7. The van der Waals surface area contributed by atoms with E-state index in [9.17, 15) is 4.79 Å². The average molecular weight is 371 g/mol. The van der Waals surface area contributed by atoms with Crippen LogP contribution in [0.5, 0.6) is 5.75 Å². The van der Waals surface area contributed by atoms with Gasteiger partial charge in [0.2, 0.25) is 0 Å². The van der Waals surface area contributed by atoms with E-state index in [1.54, 1.807) is 13.0 Å². The Bertz CT molecular complexity index is 921. The van der Waals surface area contributed by atoms with Crippen molar-refractivity contribution in [2.24, 2.45) is 0 Å². The van der Waals surface area contributed by atoms with E-state index in [4.69, 9.17) is 20.9 Å². The molecule has 26 heavy (non-hydrogen) atoms. The summed E-state index contributed by atoms with van der Waals surface area (Å²) in [5, 5.41) is 7.44. The lowest BCUT2D eigenvalue weighted by Crippen LogP contribution is -2.23. The summed E-state index contributed by atoms with van der Waals surface area (Å²) in [6.07, 6.45) is 0. The van der Waals surface area contributed by atoms with E-state index in [0.717, 1.165) is 11.3 Å². The molecular weight excluding hydrogens is 352 g/mol. The molecule has 0 atom stereocenters. The first-order valence-corrected chi connectivity index (χ1v) is 8.69. The number of nitrogens with one attached hydrogen (secondary N) is 1. The Morgan fingerprint density at radius 2 is 2.04 bits per heavy atom. The number of amides is 1. The summed E-state index contributed by atoms with van der Waals surface area (Å²) in [4.78, 5) is 12.7. The summed E-state index contributed by atoms with van der Waals surface area (Å²) in [5.74, 6) is 0.957. The van der Waals surface area contributed by atoms with Crippen molar-refractivity contribution in [2.45, 2.75) is 20.4 Å². The van der Waals surface area contributed by atoms with Crippen molar-refractivity contribution in [1.82, 2.24) is 10.5 Å². The molecule has 0 fully saturated rings. The molecule has 0 unspecified atom stereocenters. The maximum absolute atomic E-state index is 12.7. The fourth-order valence-electron chi connectivity index (χ4n) is 2.66. The number of hydrogen-bond acceptors (Lipinski definition) is 4. The van der Waals surface area contributed by atoms with Gasteiger partial charge in [-0.2, -0.15) is 0 Å². The Morgan fingerprint density at radius 1 is 1.23 bits per heavy atom. The van der Waals surface area contributed by atoms with E-state index in [-0.39, 0.29) is 5.91 Å². The molecule has 3 rings (SSSR count). The van der Waals surface area contributed by atoms with Gasteiger partial charge in [0, 0.05) is 12.1 Å². The maximum Gasteiger partial charge on any atom is 0.257 e. The van der Waals surface area contributed by atoms with Gasteiger partial charge in [-0.1, -0.05) is 47.1 Å². The molecule has 0 aliphatic heterocycles. The zero-order valence-electron chi connectivity index (χ0n) is 14.6. The number of carbonyl (C=O) groups excluding carboxylic acids is 1. The zero-order chi connectivity index (χ0) is 18.5. The topological polar surface area (TPSA) is 64.4 Å². The third kappa shape index (κ3) is 3.89. The predicted molar refractivity (Wildman–Crippen MR) is 100 cm³/mol. The number of halogens is 1.